The van der Waals surface area contributed by atoms with Crippen LogP contribution in [0, 0.1) is 5.92 Å². The van der Waals surface area contributed by atoms with Gasteiger partial charge in [-0.2, -0.15) is 0 Å². The Labute approximate surface area is 141 Å². The summed E-state index contributed by atoms with van der Waals surface area (Å²) < 4.78 is 1.81. The first-order chi connectivity index (χ1) is 9.81. The molecule has 2 heterocycles. The zero-order valence-electron chi connectivity index (χ0n) is 11.9. The van der Waals surface area contributed by atoms with Gasteiger partial charge in [-0.3, -0.25) is 9.36 Å². The van der Waals surface area contributed by atoms with Gasteiger partial charge in [0.05, 0.1) is 18.4 Å². The number of aromatic nitrogens is 3. The van der Waals surface area contributed by atoms with Crippen LogP contribution >= 0.6 is 24.8 Å². The lowest BCUT2D eigenvalue weighted by molar-refractivity contribution is -0.115. The molecule has 8 heteroatoms. The Morgan fingerprint density at radius 1 is 1.32 bits per heavy atom. The topological polar surface area (TPSA) is 71.8 Å². The molecule has 1 fully saturated rings. The van der Waals surface area contributed by atoms with E-state index in [-0.39, 0.29) is 30.7 Å². The molecule has 0 unspecified atom stereocenters. The zero-order valence-corrected chi connectivity index (χ0v) is 13.6. The largest absolute Gasteiger partial charge is 0.324 e. The highest BCUT2D eigenvalue weighted by atomic mass is 35.5. The summed E-state index contributed by atoms with van der Waals surface area (Å²) in [5.41, 5.74) is 0.701. The van der Waals surface area contributed by atoms with Crippen LogP contribution in [0.3, 0.4) is 0 Å². The number of hydrogen-bond acceptors (Lipinski definition) is 4. The Hall–Kier alpha value is -1.63. The quantitative estimate of drug-likeness (QED) is 0.841. The number of pyridine rings is 1. The maximum Gasteiger partial charge on any atom is 0.238 e. The zero-order chi connectivity index (χ0) is 13.8. The van der Waals surface area contributed by atoms with Crippen molar-refractivity contribution in [3.05, 3.63) is 37.1 Å². The molecule has 1 saturated carbocycles. The minimum atomic E-state index is -0.0390. The number of amides is 1. The predicted octanol–water partition coefficient (Wildman–Crippen LogP) is 2.05. The SMILES string of the molecule is Cl.Cl.O=C(CNCC1CC1)Nc1ccc(-n2ccnc2)nc1. The van der Waals surface area contributed by atoms with Crippen molar-refractivity contribution >= 4 is 36.4 Å². The van der Waals surface area contributed by atoms with Crippen LogP contribution in [-0.2, 0) is 4.79 Å². The number of nitrogens with one attached hydrogen (secondary N) is 2. The molecule has 120 valence electrons. The fourth-order valence-corrected chi connectivity index (χ4v) is 1.92. The van der Waals surface area contributed by atoms with Gasteiger partial charge in [-0.05, 0) is 37.4 Å². The van der Waals surface area contributed by atoms with E-state index < -0.39 is 0 Å². The molecule has 0 aliphatic heterocycles. The van der Waals surface area contributed by atoms with Gasteiger partial charge in [0.15, 0.2) is 0 Å². The van der Waals surface area contributed by atoms with Gasteiger partial charge in [-0.1, -0.05) is 0 Å². The predicted molar refractivity (Wildman–Crippen MR) is 90.1 cm³/mol. The summed E-state index contributed by atoms with van der Waals surface area (Å²) in [6.45, 7) is 1.28. The monoisotopic (exact) mass is 343 g/mol. The Balaban J connectivity index is 0.00000121. The molecule has 1 amide bonds. The third kappa shape index (κ3) is 5.29. The number of hydrogen-bond donors (Lipinski definition) is 2. The van der Waals surface area contributed by atoms with Crippen LogP contribution in [0.2, 0.25) is 0 Å². The lowest BCUT2D eigenvalue weighted by Gasteiger charge is -2.07. The van der Waals surface area contributed by atoms with Gasteiger partial charge in [-0.15, -0.1) is 24.8 Å². The van der Waals surface area contributed by atoms with Gasteiger partial charge in [0.2, 0.25) is 5.91 Å². The van der Waals surface area contributed by atoms with Crippen LogP contribution in [0.25, 0.3) is 5.82 Å². The lowest BCUT2D eigenvalue weighted by Crippen LogP contribution is -2.29. The fourth-order valence-electron chi connectivity index (χ4n) is 1.92. The molecule has 0 atom stereocenters. The highest BCUT2D eigenvalue weighted by Crippen LogP contribution is 2.27. The lowest BCUT2D eigenvalue weighted by atomic mass is 10.3. The average molecular weight is 344 g/mol. The van der Waals surface area contributed by atoms with Crippen molar-refractivity contribution in [2.24, 2.45) is 5.92 Å². The van der Waals surface area contributed by atoms with Gasteiger partial charge in [0, 0.05) is 12.4 Å². The van der Waals surface area contributed by atoms with Crippen LogP contribution in [0.15, 0.2) is 37.1 Å². The van der Waals surface area contributed by atoms with E-state index in [1.54, 1.807) is 18.7 Å². The van der Waals surface area contributed by atoms with Gasteiger partial charge < -0.3 is 10.6 Å². The Bertz CT molecular complexity index is 569. The maximum absolute atomic E-state index is 11.7. The smallest absolute Gasteiger partial charge is 0.238 e. The van der Waals surface area contributed by atoms with Crippen molar-refractivity contribution in [2.45, 2.75) is 12.8 Å². The van der Waals surface area contributed by atoms with Crippen molar-refractivity contribution in [1.82, 2.24) is 19.9 Å². The second kappa shape index (κ2) is 8.73. The van der Waals surface area contributed by atoms with E-state index in [4.69, 9.17) is 0 Å². The van der Waals surface area contributed by atoms with Crippen LogP contribution < -0.4 is 10.6 Å². The second-order valence-electron chi connectivity index (χ2n) is 5.00. The summed E-state index contributed by atoms with van der Waals surface area (Å²) in [5, 5.41) is 5.98. The Kier molecular flexibility index (Phi) is 7.31. The summed E-state index contributed by atoms with van der Waals surface area (Å²) >= 11 is 0. The van der Waals surface area contributed by atoms with Gasteiger partial charge in [0.1, 0.15) is 12.1 Å². The molecule has 0 bridgehead atoms. The number of imidazole rings is 1. The molecule has 0 radical (unpaired) electrons. The number of carbonyl (C=O) groups excluding carboxylic acids is 1. The highest BCUT2D eigenvalue weighted by Gasteiger charge is 2.20. The molecule has 0 aromatic carbocycles. The second-order valence-corrected chi connectivity index (χ2v) is 5.00. The van der Waals surface area contributed by atoms with Gasteiger partial charge in [0.25, 0.3) is 0 Å². The van der Waals surface area contributed by atoms with Crippen molar-refractivity contribution < 1.29 is 4.79 Å². The molecular weight excluding hydrogens is 325 g/mol. The molecular formula is C14H19Cl2N5O. The van der Waals surface area contributed by atoms with E-state index in [1.807, 2.05) is 22.9 Å². The molecule has 0 saturated heterocycles. The van der Waals surface area contributed by atoms with Crippen LogP contribution in [0.1, 0.15) is 12.8 Å². The van der Waals surface area contributed by atoms with Gasteiger partial charge in [-0.25, -0.2) is 9.97 Å². The number of anilines is 1. The van der Waals surface area contributed by atoms with E-state index in [2.05, 4.69) is 20.6 Å². The summed E-state index contributed by atoms with van der Waals surface area (Å²) in [4.78, 5) is 20.0. The first kappa shape index (κ1) is 18.4. The van der Waals surface area contributed by atoms with E-state index in [9.17, 15) is 4.79 Å². The number of halogens is 2. The number of carbonyl (C=O) groups is 1. The summed E-state index contributed by atoms with van der Waals surface area (Å²) in [7, 11) is 0. The molecule has 3 rings (SSSR count). The van der Waals surface area contributed by atoms with Crippen LogP contribution in [0.5, 0.6) is 0 Å². The summed E-state index contributed by atoms with van der Waals surface area (Å²) in [5.74, 6) is 1.51. The Morgan fingerprint density at radius 2 is 2.14 bits per heavy atom. The molecule has 2 aromatic rings. The summed E-state index contributed by atoms with van der Waals surface area (Å²) in [6, 6.07) is 3.68. The van der Waals surface area contributed by atoms with Gasteiger partial charge >= 0.3 is 0 Å². The maximum atomic E-state index is 11.7. The Morgan fingerprint density at radius 3 is 2.73 bits per heavy atom. The first-order valence-corrected chi connectivity index (χ1v) is 6.76. The molecule has 1 aliphatic carbocycles. The highest BCUT2D eigenvalue weighted by molar-refractivity contribution is 5.92. The van der Waals surface area contributed by atoms with Crippen molar-refractivity contribution in [3.63, 3.8) is 0 Å². The van der Waals surface area contributed by atoms with E-state index in [0.717, 1.165) is 18.3 Å². The van der Waals surface area contributed by atoms with Crippen molar-refractivity contribution in [2.75, 3.05) is 18.4 Å². The van der Waals surface area contributed by atoms with E-state index in [0.29, 0.717) is 12.2 Å². The number of rotatable bonds is 6. The minimum absolute atomic E-state index is 0. The summed E-state index contributed by atoms with van der Waals surface area (Å²) in [6.07, 6.45) is 9.42. The normalized spacial score (nSPS) is 12.9. The standard InChI is InChI=1S/C14H17N5O.2ClH/c20-14(9-16-7-11-1-2-11)18-12-3-4-13(17-8-12)19-6-5-15-10-19;;/h3-6,8,10-11,16H,1-2,7,9H2,(H,18,20);2*1H. The van der Waals surface area contributed by atoms with Crippen molar-refractivity contribution in [3.8, 4) is 5.82 Å². The molecule has 1 aliphatic rings. The molecule has 2 N–H and O–H groups in total. The minimum Gasteiger partial charge on any atom is -0.324 e. The van der Waals surface area contributed by atoms with Crippen molar-refractivity contribution in [1.29, 1.82) is 0 Å². The molecule has 2 aromatic heterocycles. The van der Waals surface area contributed by atoms with E-state index >= 15 is 0 Å². The molecule has 22 heavy (non-hydrogen) atoms. The van der Waals surface area contributed by atoms with E-state index in [1.165, 1.54) is 12.8 Å². The molecule has 0 spiro atoms. The molecule has 6 nitrogen and oxygen atoms in total. The first-order valence-electron chi connectivity index (χ1n) is 6.76. The average Bonchev–Trinajstić information content (AvgIpc) is 3.11. The van der Waals surface area contributed by atoms with Crippen LogP contribution in [0.4, 0.5) is 5.69 Å². The third-order valence-corrected chi connectivity index (χ3v) is 3.22. The number of nitrogens with zero attached hydrogens (tertiary/aromatic N) is 3. The van der Waals surface area contributed by atoms with Crippen LogP contribution in [-0.4, -0.2) is 33.5 Å². The fraction of sp³-hybridized carbons (Fsp3) is 0.357. The third-order valence-electron chi connectivity index (χ3n) is 3.22.